The van der Waals surface area contributed by atoms with Crippen molar-refractivity contribution in [2.75, 3.05) is 13.1 Å². The Morgan fingerprint density at radius 1 is 1.14 bits per heavy atom. The zero-order chi connectivity index (χ0) is 25.7. The second-order valence-electron chi connectivity index (χ2n) is 10.7. The van der Waals surface area contributed by atoms with E-state index in [0.717, 1.165) is 45.8 Å². The summed E-state index contributed by atoms with van der Waals surface area (Å²) in [7, 11) is 0. The van der Waals surface area contributed by atoms with Crippen LogP contribution < -0.4 is 5.32 Å². The third-order valence-electron chi connectivity index (χ3n) is 8.00. The third kappa shape index (κ3) is 4.35. The van der Waals surface area contributed by atoms with E-state index in [0.29, 0.717) is 41.1 Å². The van der Waals surface area contributed by atoms with Crippen molar-refractivity contribution in [1.29, 1.82) is 0 Å². The molecule has 0 radical (unpaired) electrons. The summed E-state index contributed by atoms with van der Waals surface area (Å²) in [6.45, 7) is 7.45. The molecule has 0 bridgehead atoms. The molecule has 1 saturated carbocycles. The molecule has 6 rings (SSSR count). The van der Waals surface area contributed by atoms with Crippen LogP contribution in [0.4, 0.5) is 0 Å². The second kappa shape index (κ2) is 9.45. The van der Waals surface area contributed by atoms with Crippen molar-refractivity contribution in [2.45, 2.75) is 39.7 Å². The Hall–Kier alpha value is -3.45. The number of nitrogens with one attached hydrogen (secondary N) is 1. The van der Waals surface area contributed by atoms with Gasteiger partial charge in [-0.3, -0.25) is 9.59 Å². The molecule has 1 N–H and O–H groups in total. The SMILES string of the molecule is Cc1cccc(-c2sc(C)nc2C(=O)N2C[C@@H]3CC(C)C[C@@H]3[C@H]2CNC(=O)c2cccc3occc23)c1. The third-order valence-corrected chi connectivity index (χ3v) is 9.02. The highest BCUT2D eigenvalue weighted by Gasteiger charge is 2.48. The van der Waals surface area contributed by atoms with E-state index in [9.17, 15) is 9.59 Å². The quantitative estimate of drug-likeness (QED) is 0.350. The molecule has 6 nitrogen and oxygen atoms in total. The minimum absolute atomic E-state index is 0.0286. The predicted molar refractivity (Wildman–Crippen MR) is 146 cm³/mol. The molecule has 1 unspecified atom stereocenters. The molecule has 2 aromatic carbocycles. The van der Waals surface area contributed by atoms with Crippen LogP contribution in [0.5, 0.6) is 0 Å². The number of nitrogens with zero attached hydrogens (tertiary/aromatic N) is 2. The minimum Gasteiger partial charge on any atom is -0.464 e. The summed E-state index contributed by atoms with van der Waals surface area (Å²) in [6.07, 6.45) is 3.80. The Kier molecular flexibility index (Phi) is 6.11. The van der Waals surface area contributed by atoms with E-state index in [1.54, 1.807) is 17.6 Å². The number of carbonyl (C=O) groups is 2. The number of amides is 2. The molecule has 4 aromatic rings. The summed E-state index contributed by atoms with van der Waals surface area (Å²) in [6, 6.07) is 15.5. The van der Waals surface area contributed by atoms with Crippen molar-refractivity contribution >= 4 is 34.1 Å². The van der Waals surface area contributed by atoms with Crippen LogP contribution in [0.1, 0.15) is 51.2 Å². The lowest BCUT2D eigenvalue weighted by Gasteiger charge is -2.28. The Morgan fingerprint density at radius 3 is 2.81 bits per heavy atom. The van der Waals surface area contributed by atoms with Gasteiger partial charge in [0.25, 0.3) is 11.8 Å². The standard InChI is InChI=1S/C30H31N3O3S/c1-17-6-4-7-20(12-17)28-27(32-19(3)37-28)30(35)33-16-21-13-18(2)14-24(21)25(33)15-31-29(34)23-8-5-9-26-22(23)10-11-36-26/h4-12,18,21,24-25H,13-16H2,1-3H3,(H,31,34)/t18?,21-,24-,25+/m0/s1. The number of furan rings is 1. The van der Waals surface area contributed by atoms with Crippen LogP contribution in [0.3, 0.4) is 0 Å². The average Bonchev–Trinajstić information content (AvgIpc) is 3.65. The normalized spacial score (nSPS) is 22.9. The van der Waals surface area contributed by atoms with Gasteiger partial charge in [0.1, 0.15) is 11.3 Å². The summed E-state index contributed by atoms with van der Waals surface area (Å²) in [4.78, 5) is 34.9. The first-order valence-electron chi connectivity index (χ1n) is 13.0. The Morgan fingerprint density at radius 2 is 1.97 bits per heavy atom. The van der Waals surface area contributed by atoms with Crippen molar-refractivity contribution in [3.63, 3.8) is 0 Å². The Bertz CT molecular complexity index is 1490. The highest BCUT2D eigenvalue weighted by atomic mass is 32.1. The molecule has 2 aliphatic rings. The first-order chi connectivity index (χ1) is 17.9. The molecule has 1 aliphatic carbocycles. The maximum Gasteiger partial charge on any atom is 0.274 e. The lowest BCUT2D eigenvalue weighted by Crippen LogP contribution is -2.46. The summed E-state index contributed by atoms with van der Waals surface area (Å²) in [5.41, 5.74) is 3.99. The molecule has 3 heterocycles. The molecule has 2 fully saturated rings. The maximum absolute atomic E-state index is 14.1. The smallest absolute Gasteiger partial charge is 0.274 e. The molecule has 4 atom stereocenters. The molecule has 2 aromatic heterocycles. The summed E-state index contributed by atoms with van der Waals surface area (Å²) < 4.78 is 5.47. The number of carbonyl (C=O) groups excluding carboxylic acids is 2. The average molecular weight is 514 g/mol. The van der Waals surface area contributed by atoms with E-state index >= 15 is 0 Å². The first-order valence-corrected chi connectivity index (χ1v) is 13.8. The van der Waals surface area contributed by atoms with Gasteiger partial charge in [0.2, 0.25) is 0 Å². The van der Waals surface area contributed by atoms with E-state index < -0.39 is 0 Å². The van der Waals surface area contributed by atoms with Gasteiger partial charge in [-0.05, 0) is 68.2 Å². The van der Waals surface area contributed by atoms with Crippen LogP contribution in [0, 0.1) is 31.6 Å². The fourth-order valence-electron chi connectivity index (χ4n) is 6.41. The van der Waals surface area contributed by atoms with Crippen LogP contribution in [-0.4, -0.2) is 40.8 Å². The zero-order valence-electron chi connectivity index (χ0n) is 21.4. The van der Waals surface area contributed by atoms with E-state index in [1.807, 2.05) is 48.2 Å². The Labute approximate surface area is 220 Å². The lowest BCUT2D eigenvalue weighted by molar-refractivity contribution is 0.0692. The predicted octanol–water partition coefficient (Wildman–Crippen LogP) is 6.09. The molecule has 190 valence electrons. The van der Waals surface area contributed by atoms with Crippen molar-refractivity contribution < 1.29 is 14.0 Å². The van der Waals surface area contributed by atoms with E-state index in [4.69, 9.17) is 9.40 Å². The zero-order valence-corrected chi connectivity index (χ0v) is 22.2. The van der Waals surface area contributed by atoms with Gasteiger partial charge in [-0.15, -0.1) is 11.3 Å². The number of aryl methyl sites for hydroxylation is 2. The van der Waals surface area contributed by atoms with Gasteiger partial charge in [0.05, 0.1) is 27.8 Å². The van der Waals surface area contributed by atoms with Gasteiger partial charge in [-0.2, -0.15) is 0 Å². The number of rotatable bonds is 5. The van der Waals surface area contributed by atoms with Crippen molar-refractivity contribution in [3.05, 3.63) is 76.6 Å². The molecule has 2 amide bonds. The fourth-order valence-corrected chi connectivity index (χ4v) is 7.32. The second-order valence-corrected chi connectivity index (χ2v) is 11.9. The van der Waals surface area contributed by atoms with Crippen molar-refractivity contribution in [1.82, 2.24) is 15.2 Å². The summed E-state index contributed by atoms with van der Waals surface area (Å²) in [5, 5.41) is 4.83. The molecule has 0 spiro atoms. The van der Waals surface area contributed by atoms with Crippen molar-refractivity contribution in [2.24, 2.45) is 17.8 Å². The highest BCUT2D eigenvalue weighted by Crippen LogP contribution is 2.46. The van der Waals surface area contributed by atoms with Crippen molar-refractivity contribution in [3.8, 4) is 10.4 Å². The van der Waals surface area contributed by atoms with Gasteiger partial charge in [-0.25, -0.2) is 4.98 Å². The van der Waals surface area contributed by atoms with Gasteiger partial charge in [-0.1, -0.05) is 42.8 Å². The maximum atomic E-state index is 14.1. The van der Waals surface area contributed by atoms with Gasteiger partial charge in [0, 0.05) is 18.5 Å². The number of benzene rings is 2. The van der Waals surface area contributed by atoms with Crippen LogP contribution in [-0.2, 0) is 0 Å². The highest BCUT2D eigenvalue weighted by molar-refractivity contribution is 7.15. The number of thiazole rings is 1. The molecule has 7 heteroatoms. The minimum atomic E-state index is -0.140. The van der Waals surface area contributed by atoms with Gasteiger partial charge < -0.3 is 14.6 Å². The lowest BCUT2D eigenvalue weighted by atomic mass is 9.93. The number of aromatic nitrogens is 1. The fraction of sp³-hybridized carbons (Fsp3) is 0.367. The van der Waals surface area contributed by atoms with E-state index in [-0.39, 0.29) is 17.9 Å². The van der Waals surface area contributed by atoms with Gasteiger partial charge in [0.15, 0.2) is 0 Å². The van der Waals surface area contributed by atoms with Crippen LogP contribution in [0.2, 0.25) is 0 Å². The summed E-state index contributed by atoms with van der Waals surface area (Å²) in [5.74, 6) is 1.30. The molecular formula is C30H31N3O3S. The first kappa shape index (κ1) is 23.9. The van der Waals surface area contributed by atoms with Crippen LogP contribution in [0.25, 0.3) is 21.4 Å². The molecule has 1 aliphatic heterocycles. The Balaban J connectivity index is 1.28. The summed E-state index contributed by atoms with van der Waals surface area (Å²) >= 11 is 1.57. The molecular weight excluding hydrogens is 482 g/mol. The van der Waals surface area contributed by atoms with Gasteiger partial charge >= 0.3 is 0 Å². The number of hydrogen-bond donors (Lipinski definition) is 1. The topological polar surface area (TPSA) is 75.4 Å². The number of likely N-dealkylation sites (tertiary alicyclic amines) is 1. The number of hydrogen-bond acceptors (Lipinski definition) is 5. The largest absolute Gasteiger partial charge is 0.464 e. The molecule has 37 heavy (non-hydrogen) atoms. The number of fused-ring (bicyclic) bond motifs is 2. The van der Waals surface area contributed by atoms with Crippen LogP contribution >= 0.6 is 11.3 Å². The van der Waals surface area contributed by atoms with E-state index in [2.05, 4.69) is 31.3 Å². The monoisotopic (exact) mass is 513 g/mol. The van der Waals surface area contributed by atoms with Crippen LogP contribution in [0.15, 0.2) is 59.2 Å². The van der Waals surface area contributed by atoms with E-state index in [1.165, 1.54) is 0 Å². The molecule has 1 saturated heterocycles.